The minimum Gasteiger partial charge on any atom is -0.494 e. The van der Waals surface area contributed by atoms with E-state index in [1.165, 1.54) is 13.2 Å². The van der Waals surface area contributed by atoms with Crippen molar-refractivity contribution in [2.24, 2.45) is 0 Å². The van der Waals surface area contributed by atoms with Gasteiger partial charge in [0.15, 0.2) is 17.3 Å². The number of benzene rings is 1. The van der Waals surface area contributed by atoms with Crippen molar-refractivity contribution in [2.75, 3.05) is 33.4 Å². The maximum atomic E-state index is 13.6. The number of rotatable bonds is 6. The molecule has 0 amide bonds. The fourth-order valence-corrected chi connectivity index (χ4v) is 2.55. The van der Waals surface area contributed by atoms with Crippen molar-refractivity contribution < 1.29 is 18.7 Å². The van der Waals surface area contributed by atoms with Crippen LogP contribution in [-0.4, -0.2) is 50.1 Å². The zero-order valence-corrected chi connectivity index (χ0v) is 12.6. The van der Waals surface area contributed by atoms with Gasteiger partial charge in [0, 0.05) is 19.5 Å². The summed E-state index contributed by atoms with van der Waals surface area (Å²) in [7, 11) is 1.42. The van der Waals surface area contributed by atoms with Crippen LogP contribution in [0.3, 0.4) is 0 Å². The molecule has 1 aliphatic heterocycles. The molecule has 21 heavy (non-hydrogen) atoms. The average Bonchev–Trinajstić information content (AvgIpc) is 2.48. The van der Waals surface area contributed by atoms with Crippen LogP contribution in [0.2, 0.25) is 0 Å². The second-order valence-corrected chi connectivity index (χ2v) is 5.27. The van der Waals surface area contributed by atoms with Gasteiger partial charge in [-0.25, -0.2) is 4.39 Å². The molecule has 0 bridgehead atoms. The van der Waals surface area contributed by atoms with Gasteiger partial charge in [0.2, 0.25) is 0 Å². The molecule has 116 valence electrons. The van der Waals surface area contributed by atoms with Gasteiger partial charge in [0.05, 0.1) is 13.7 Å². The lowest BCUT2D eigenvalue weighted by atomic mass is 10.0. The third-order valence-electron chi connectivity index (χ3n) is 3.64. The summed E-state index contributed by atoms with van der Waals surface area (Å²) in [6.45, 7) is 5.17. The molecular formula is C16H22FNO3. The molecular weight excluding hydrogens is 273 g/mol. The first-order valence-electron chi connectivity index (χ1n) is 7.33. The molecule has 1 unspecified atom stereocenters. The standard InChI is InChI=1S/C16H22FNO3/c1-3-6-18-7-8-21-16(11-18)14(19)10-12-4-5-15(20-2)13(17)9-12/h4-5,9,16H,3,6-8,10-11H2,1-2H3. The summed E-state index contributed by atoms with van der Waals surface area (Å²) in [4.78, 5) is 14.5. The van der Waals surface area contributed by atoms with Crippen LogP contribution < -0.4 is 4.74 Å². The zero-order valence-electron chi connectivity index (χ0n) is 12.6. The second kappa shape index (κ2) is 7.52. The van der Waals surface area contributed by atoms with Crippen molar-refractivity contribution in [3.05, 3.63) is 29.6 Å². The summed E-state index contributed by atoms with van der Waals surface area (Å²) in [6.07, 6.45) is 0.839. The third-order valence-corrected chi connectivity index (χ3v) is 3.64. The lowest BCUT2D eigenvalue weighted by Gasteiger charge is -2.31. The molecule has 1 fully saturated rings. The predicted molar refractivity (Wildman–Crippen MR) is 78.1 cm³/mol. The van der Waals surface area contributed by atoms with Gasteiger partial charge in [-0.05, 0) is 30.7 Å². The van der Waals surface area contributed by atoms with Crippen molar-refractivity contribution in [3.8, 4) is 5.75 Å². The topological polar surface area (TPSA) is 38.8 Å². The van der Waals surface area contributed by atoms with E-state index in [9.17, 15) is 9.18 Å². The normalized spacial score (nSPS) is 19.5. The molecule has 1 atom stereocenters. The summed E-state index contributed by atoms with van der Waals surface area (Å²) in [5.41, 5.74) is 0.648. The maximum Gasteiger partial charge on any atom is 0.167 e. The molecule has 4 nitrogen and oxygen atoms in total. The van der Waals surface area contributed by atoms with Crippen LogP contribution in [-0.2, 0) is 16.0 Å². The van der Waals surface area contributed by atoms with E-state index >= 15 is 0 Å². The SMILES string of the molecule is CCCN1CCOC(C(=O)Cc2ccc(OC)c(F)c2)C1. The number of ketones is 1. The highest BCUT2D eigenvalue weighted by atomic mass is 19.1. The van der Waals surface area contributed by atoms with Gasteiger partial charge < -0.3 is 9.47 Å². The molecule has 0 N–H and O–H groups in total. The maximum absolute atomic E-state index is 13.6. The van der Waals surface area contributed by atoms with E-state index < -0.39 is 11.9 Å². The van der Waals surface area contributed by atoms with Crippen LogP contribution in [0.25, 0.3) is 0 Å². The number of nitrogens with zero attached hydrogens (tertiary/aromatic N) is 1. The number of methoxy groups -OCH3 is 1. The van der Waals surface area contributed by atoms with E-state index in [0.29, 0.717) is 18.7 Å². The summed E-state index contributed by atoms with van der Waals surface area (Å²) < 4.78 is 24.1. The number of halogens is 1. The van der Waals surface area contributed by atoms with Crippen molar-refractivity contribution in [1.82, 2.24) is 4.90 Å². The first-order chi connectivity index (χ1) is 10.1. The number of ether oxygens (including phenoxy) is 2. The Morgan fingerprint density at radius 2 is 2.33 bits per heavy atom. The Morgan fingerprint density at radius 3 is 3.00 bits per heavy atom. The molecule has 1 aromatic carbocycles. The predicted octanol–water partition coefficient (Wildman–Crippen LogP) is 2.06. The van der Waals surface area contributed by atoms with Gasteiger partial charge in [-0.1, -0.05) is 13.0 Å². The van der Waals surface area contributed by atoms with Crippen LogP contribution in [0.1, 0.15) is 18.9 Å². The molecule has 1 aliphatic rings. The molecule has 0 saturated carbocycles. The van der Waals surface area contributed by atoms with E-state index in [2.05, 4.69) is 11.8 Å². The highest BCUT2D eigenvalue weighted by Gasteiger charge is 2.26. The minimum atomic E-state index is -0.444. The first-order valence-corrected chi connectivity index (χ1v) is 7.33. The fraction of sp³-hybridized carbons (Fsp3) is 0.562. The smallest absolute Gasteiger partial charge is 0.167 e. The number of Topliss-reactive ketones (excluding diaryl/α,β-unsaturated/α-hetero) is 1. The fourth-order valence-electron chi connectivity index (χ4n) is 2.55. The molecule has 1 saturated heterocycles. The summed E-state index contributed by atoms with van der Waals surface area (Å²) >= 11 is 0. The van der Waals surface area contributed by atoms with E-state index in [-0.39, 0.29) is 18.0 Å². The Balaban J connectivity index is 1.96. The molecule has 0 radical (unpaired) electrons. The van der Waals surface area contributed by atoms with Gasteiger partial charge >= 0.3 is 0 Å². The lowest BCUT2D eigenvalue weighted by molar-refractivity contribution is -0.135. The lowest BCUT2D eigenvalue weighted by Crippen LogP contribution is -2.46. The number of carbonyl (C=O) groups excluding carboxylic acids is 1. The van der Waals surface area contributed by atoms with Gasteiger partial charge in [0.25, 0.3) is 0 Å². The Bertz CT molecular complexity index is 490. The Morgan fingerprint density at radius 1 is 1.52 bits per heavy atom. The third kappa shape index (κ3) is 4.25. The van der Waals surface area contributed by atoms with Gasteiger partial charge in [-0.15, -0.1) is 0 Å². The van der Waals surface area contributed by atoms with Crippen molar-refractivity contribution in [1.29, 1.82) is 0 Å². The van der Waals surface area contributed by atoms with Gasteiger partial charge in [0.1, 0.15) is 6.10 Å². The number of hydrogen-bond donors (Lipinski definition) is 0. The van der Waals surface area contributed by atoms with Crippen molar-refractivity contribution in [2.45, 2.75) is 25.9 Å². The Hall–Kier alpha value is -1.46. The van der Waals surface area contributed by atoms with Crippen LogP contribution in [0, 0.1) is 5.82 Å². The Labute approximate surface area is 124 Å². The molecule has 0 spiro atoms. The summed E-state index contributed by atoms with van der Waals surface area (Å²) in [5.74, 6) is -0.255. The van der Waals surface area contributed by atoms with E-state index in [1.54, 1.807) is 12.1 Å². The number of morpholine rings is 1. The molecule has 1 heterocycles. The molecule has 5 heteroatoms. The van der Waals surface area contributed by atoms with Gasteiger partial charge in [-0.3, -0.25) is 9.69 Å². The molecule has 0 aromatic heterocycles. The van der Waals surface area contributed by atoms with E-state index in [0.717, 1.165) is 19.5 Å². The van der Waals surface area contributed by atoms with Crippen LogP contribution in [0.15, 0.2) is 18.2 Å². The summed E-state index contributed by atoms with van der Waals surface area (Å²) in [6, 6.07) is 4.61. The highest BCUT2D eigenvalue weighted by Crippen LogP contribution is 2.19. The molecule has 1 aromatic rings. The molecule has 2 rings (SSSR count). The van der Waals surface area contributed by atoms with Crippen LogP contribution in [0.5, 0.6) is 5.75 Å². The second-order valence-electron chi connectivity index (χ2n) is 5.27. The van der Waals surface area contributed by atoms with Crippen molar-refractivity contribution in [3.63, 3.8) is 0 Å². The minimum absolute atomic E-state index is 0.000342. The Kier molecular flexibility index (Phi) is 5.70. The first kappa shape index (κ1) is 15.9. The van der Waals surface area contributed by atoms with Crippen LogP contribution >= 0.6 is 0 Å². The van der Waals surface area contributed by atoms with E-state index in [1.807, 2.05) is 0 Å². The highest BCUT2D eigenvalue weighted by molar-refractivity contribution is 5.85. The van der Waals surface area contributed by atoms with E-state index in [4.69, 9.17) is 9.47 Å². The largest absolute Gasteiger partial charge is 0.494 e. The van der Waals surface area contributed by atoms with Crippen LogP contribution in [0.4, 0.5) is 4.39 Å². The summed E-state index contributed by atoms with van der Waals surface area (Å²) in [5, 5.41) is 0. The zero-order chi connectivity index (χ0) is 15.2. The quantitative estimate of drug-likeness (QED) is 0.805. The van der Waals surface area contributed by atoms with Gasteiger partial charge in [-0.2, -0.15) is 0 Å². The average molecular weight is 295 g/mol. The monoisotopic (exact) mass is 295 g/mol. The number of carbonyl (C=O) groups is 1. The van der Waals surface area contributed by atoms with Crippen molar-refractivity contribution >= 4 is 5.78 Å². The number of hydrogen-bond acceptors (Lipinski definition) is 4. The molecule has 0 aliphatic carbocycles.